The zero-order valence-electron chi connectivity index (χ0n) is 15.4. The largest absolute Gasteiger partial charge is 0.487 e. The van der Waals surface area contributed by atoms with Gasteiger partial charge in [-0.15, -0.1) is 5.10 Å². The summed E-state index contributed by atoms with van der Waals surface area (Å²) in [5, 5.41) is 8.28. The van der Waals surface area contributed by atoms with Crippen molar-refractivity contribution in [2.24, 2.45) is 0 Å². The zero-order chi connectivity index (χ0) is 19.3. The first kappa shape index (κ1) is 18.2. The normalized spacial score (nSPS) is 14.0. The van der Waals surface area contributed by atoms with Gasteiger partial charge in [-0.25, -0.2) is 9.07 Å². The number of halogens is 1. The summed E-state index contributed by atoms with van der Waals surface area (Å²) < 4.78 is 21.1. The molecule has 1 aliphatic heterocycles. The van der Waals surface area contributed by atoms with Crippen LogP contribution in [0.2, 0.25) is 0 Å². The highest BCUT2D eigenvalue weighted by atomic mass is 19.1. The number of carbonyl (C=O) groups is 1. The molecule has 144 valence electrons. The smallest absolute Gasteiger partial charge is 0.223 e. The van der Waals surface area contributed by atoms with E-state index in [1.807, 2.05) is 36.5 Å². The van der Waals surface area contributed by atoms with Crippen molar-refractivity contribution in [1.29, 1.82) is 0 Å². The maximum atomic E-state index is 13.6. The standard InChI is InChI=1S/C21H21FN4O2/c22-20-9-5-4-6-16(20)10-11-21(27)25-13-18(14-25)26-12-17(23-24-26)15-28-19-7-2-1-3-8-19/h1-9,12,18H,10-11,13-15H2. The van der Waals surface area contributed by atoms with E-state index in [0.29, 0.717) is 38.1 Å². The second-order valence-corrected chi connectivity index (χ2v) is 6.84. The van der Waals surface area contributed by atoms with Crippen LogP contribution in [0.1, 0.15) is 23.7 Å². The van der Waals surface area contributed by atoms with E-state index in [-0.39, 0.29) is 17.8 Å². The van der Waals surface area contributed by atoms with Crippen LogP contribution in [0.15, 0.2) is 60.8 Å². The highest BCUT2D eigenvalue weighted by Crippen LogP contribution is 2.22. The van der Waals surface area contributed by atoms with Crippen molar-refractivity contribution in [2.45, 2.75) is 25.5 Å². The molecule has 0 aliphatic carbocycles. The molecule has 2 aromatic carbocycles. The van der Waals surface area contributed by atoms with Gasteiger partial charge in [0.1, 0.15) is 23.9 Å². The van der Waals surface area contributed by atoms with Crippen LogP contribution in [0, 0.1) is 5.82 Å². The predicted molar refractivity (Wildman–Crippen MR) is 101 cm³/mol. The average molecular weight is 380 g/mol. The highest BCUT2D eigenvalue weighted by Gasteiger charge is 2.32. The Balaban J connectivity index is 1.23. The van der Waals surface area contributed by atoms with Gasteiger partial charge in [0.15, 0.2) is 0 Å². The quantitative estimate of drug-likeness (QED) is 0.632. The summed E-state index contributed by atoms with van der Waals surface area (Å²) in [5.41, 5.74) is 1.32. The van der Waals surface area contributed by atoms with Crippen LogP contribution in [-0.4, -0.2) is 38.9 Å². The van der Waals surface area contributed by atoms with E-state index in [2.05, 4.69) is 10.3 Å². The van der Waals surface area contributed by atoms with Gasteiger partial charge < -0.3 is 9.64 Å². The number of benzene rings is 2. The monoisotopic (exact) mass is 380 g/mol. The lowest BCUT2D eigenvalue weighted by molar-refractivity contribution is -0.137. The number of nitrogens with zero attached hydrogens (tertiary/aromatic N) is 4. The molecule has 0 radical (unpaired) electrons. The Bertz CT molecular complexity index is 938. The maximum Gasteiger partial charge on any atom is 0.223 e. The summed E-state index contributed by atoms with van der Waals surface area (Å²) in [6.45, 7) is 1.54. The lowest BCUT2D eigenvalue weighted by atomic mass is 10.1. The Morgan fingerprint density at radius 1 is 1.11 bits per heavy atom. The number of para-hydroxylation sites is 1. The molecule has 7 heteroatoms. The van der Waals surface area contributed by atoms with Crippen LogP contribution in [0.25, 0.3) is 0 Å². The van der Waals surface area contributed by atoms with Gasteiger partial charge in [0.2, 0.25) is 5.91 Å². The van der Waals surface area contributed by atoms with Gasteiger partial charge in [0.05, 0.1) is 12.2 Å². The van der Waals surface area contributed by atoms with Gasteiger partial charge in [-0.2, -0.15) is 0 Å². The van der Waals surface area contributed by atoms with Gasteiger partial charge in [0, 0.05) is 19.5 Å². The number of rotatable bonds is 7. The first-order valence-corrected chi connectivity index (χ1v) is 9.29. The minimum absolute atomic E-state index is 0.0345. The Labute approximate surface area is 162 Å². The Morgan fingerprint density at radius 2 is 1.86 bits per heavy atom. The minimum Gasteiger partial charge on any atom is -0.487 e. The number of hydrogen-bond donors (Lipinski definition) is 0. The average Bonchev–Trinajstić information content (AvgIpc) is 3.14. The van der Waals surface area contributed by atoms with Crippen molar-refractivity contribution in [3.05, 3.63) is 77.9 Å². The van der Waals surface area contributed by atoms with Crippen LogP contribution in [-0.2, 0) is 17.8 Å². The molecule has 0 N–H and O–H groups in total. The van der Waals surface area contributed by atoms with Crippen LogP contribution in [0.4, 0.5) is 4.39 Å². The van der Waals surface area contributed by atoms with Crippen LogP contribution in [0.3, 0.4) is 0 Å². The molecule has 0 unspecified atom stereocenters. The third-order valence-corrected chi connectivity index (χ3v) is 4.84. The van der Waals surface area contributed by atoms with Crippen LogP contribution in [0.5, 0.6) is 5.75 Å². The minimum atomic E-state index is -0.260. The van der Waals surface area contributed by atoms with Crippen molar-refractivity contribution in [2.75, 3.05) is 13.1 Å². The third-order valence-electron chi connectivity index (χ3n) is 4.84. The second-order valence-electron chi connectivity index (χ2n) is 6.84. The SMILES string of the molecule is O=C(CCc1ccccc1F)N1CC(n2cc(COc3ccccc3)nn2)C1. The van der Waals surface area contributed by atoms with Crippen molar-refractivity contribution >= 4 is 5.91 Å². The second kappa shape index (κ2) is 8.21. The van der Waals surface area contributed by atoms with Crippen molar-refractivity contribution in [1.82, 2.24) is 19.9 Å². The summed E-state index contributed by atoms with van der Waals surface area (Å²) >= 11 is 0. The van der Waals surface area contributed by atoms with Gasteiger partial charge >= 0.3 is 0 Å². The molecule has 0 saturated carbocycles. The number of aryl methyl sites for hydroxylation is 1. The Morgan fingerprint density at radius 3 is 2.64 bits per heavy atom. The molecule has 1 aliphatic rings. The molecule has 3 aromatic rings. The van der Waals surface area contributed by atoms with Crippen LogP contribution < -0.4 is 4.74 Å². The lowest BCUT2D eigenvalue weighted by Crippen LogP contribution is -2.51. The number of ether oxygens (including phenoxy) is 1. The fraction of sp³-hybridized carbons (Fsp3) is 0.286. The molecule has 0 bridgehead atoms. The first-order chi connectivity index (χ1) is 13.7. The topological polar surface area (TPSA) is 60.2 Å². The van der Waals surface area contributed by atoms with E-state index in [9.17, 15) is 9.18 Å². The third kappa shape index (κ3) is 4.19. The Kier molecular flexibility index (Phi) is 5.32. The number of aromatic nitrogens is 3. The summed E-state index contributed by atoms with van der Waals surface area (Å²) in [4.78, 5) is 14.1. The molecule has 4 rings (SSSR count). The van der Waals surface area contributed by atoms with Crippen molar-refractivity contribution in [3.63, 3.8) is 0 Å². The number of likely N-dealkylation sites (tertiary alicyclic amines) is 1. The fourth-order valence-electron chi connectivity index (χ4n) is 3.16. The molecule has 0 atom stereocenters. The van der Waals surface area contributed by atoms with Gasteiger partial charge in [0.25, 0.3) is 0 Å². The number of carbonyl (C=O) groups excluding carboxylic acids is 1. The molecule has 1 amide bonds. The number of hydrogen-bond acceptors (Lipinski definition) is 4. The molecule has 1 aromatic heterocycles. The summed E-state index contributed by atoms with van der Waals surface area (Å²) in [6, 6.07) is 16.2. The molecular formula is C21H21FN4O2. The first-order valence-electron chi connectivity index (χ1n) is 9.29. The molecular weight excluding hydrogens is 359 g/mol. The fourth-order valence-corrected chi connectivity index (χ4v) is 3.16. The van der Waals surface area contributed by atoms with Gasteiger partial charge in [-0.3, -0.25) is 4.79 Å². The van der Waals surface area contributed by atoms with Gasteiger partial charge in [-0.05, 0) is 30.2 Å². The van der Waals surface area contributed by atoms with Crippen LogP contribution >= 0.6 is 0 Å². The predicted octanol–water partition coefficient (Wildman–Crippen LogP) is 3.01. The highest BCUT2D eigenvalue weighted by molar-refractivity contribution is 5.77. The van der Waals surface area contributed by atoms with E-state index < -0.39 is 0 Å². The maximum absolute atomic E-state index is 13.6. The summed E-state index contributed by atoms with van der Waals surface area (Å²) in [6.07, 6.45) is 2.58. The zero-order valence-corrected chi connectivity index (χ0v) is 15.4. The lowest BCUT2D eigenvalue weighted by Gasteiger charge is -2.39. The molecule has 1 fully saturated rings. The van der Waals surface area contributed by atoms with E-state index >= 15 is 0 Å². The molecule has 28 heavy (non-hydrogen) atoms. The van der Waals surface area contributed by atoms with Crippen molar-refractivity contribution < 1.29 is 13.9 Å². The van der Waals surface area contributed by atoms with E-state index in [4.69, 9.17) is 4.74 Å². The van der Waals surface area contributed by atoms with E-state index in [1.165, 1.54) is 6.07 Å². The van der Waals surface area contributed by atoms with E-state index in [0.717, 1.165) is 11.4 Å². The number of amides is 1. The molecule has 0 spiro atoms. The molecule has 2 heterocycles. The van der Waals surface area contributed by atoms with Crippen molar-refractivity contribution in [3.8, 4) is 5.75 Å². The molecule has 6 nitrogen and oxygen atoms in total. The summed E-state index contributed by atoms with van der Waals surface area (Å²) in [7, 11) is 0. The summed E-state index contributed by atoms with van der Waals surface area (Å²) in [5.74, 6) is 0.559. The van der Waals surface area contributed by atoms with E-state index in [1.54, 1.807) is 27.8 Å². The van der Waals surface area contributed by atoms with Gasteiger partial charge in [-0.1, -0.05) is 41.6 Å². The molecule has 1 saturated heterocycles. The Hall–Kier alpha value is -3.22.